The molecule has 37 heavy (non-hydrogen) atoms. The highest BCUT2D eigenvalue weighted by Crippen LogP contribution is 2.37. The third kappa shape index (κ3) is 4.91. The van der Waals surface area contributed by atoms with E-state index in [0.29, 0.717) is 51.3 Å². The average Bonchev–Trinajstić information content (AvgIpc) is 3.27. The van der Waals surface area contributed by atoms with E-state index in [9.17, 15) is 10.5 Å². The smallest absolute Gasteiger partial charge is 0.234 e. The second kappa shape index (κ2) is 10.6. The number of hydrogen-bond acceptors (Lipinski definition) is 7. The average molecular weight is 512 g/mol. The number of rotatable bonds is 6. The molecule has 1 aliphatic rings. The van der Waals surface area contributed by atoms with Gasteiger partial charge in [-0.15, -0.1) is 0 Å². The van der Waals surface area contributed by atoms with Crippen LogP contribution in [0.25, 0.3) is 22.4 Å². The summed E-state index contributed by atoms with van der Waals surface area (Å²) in [6, 6.07) is 13.5. The van der Waals surface area contributed by atoms with Gasteiger partial charge in [-0.3, -0.25) is 4.98 Å². The zero-order valence-electron chi connectivity index (χ0n) is 20.7. The Morgan fingerprint density at radius 2 is 1.86 bits per heavy atom. The first-order valence-corrected chi connectivity index (χ1v) is 12.7. The van der Waals surface area contributed by atoms with Gasteiger partial charge in [0.25, 0.3) is 0 Å². The number of fused-ring (bicyclic) bond motifs is 1. The van der Waals surface area contributed by atoms with Crippen molar-refractivity contribution in [3.63, 3.8) is 0 Å². The van der Waals surface area contributed by atoms with E-state index < -0.39 is 6.10 Å². The van der Waals surface area contributed by atoms with E-state index in [4.69, 9.17) is 21.3 Å². The molecule has 0 aliphatic heterocycles. The highest BCUT2D eigenvalue weighted by atomic mass is 35.5. The van der Waals surface area contributed by atoms with Crippen LogP contribution >= 0.6 is 11.6 Å². The van der Waals surface area contributed by atoms with Gasteiger partial charge in [0.05, 0.1) is 16.7 Å². The monoisotopic (exact) mass is 511 g/mol. The molecular formula is C28H26ClN7O. The summed E-state index contributed by atoms with van der Waals surface area (Å²) in [7, 11) is 1.61. The summed E-state index contributed by atoms with van der Waals surface area (Å²) < 4.78 is 8.10. The fraction of sp³-hybridized carbons (Fsp3) is 0.357. The third-order valence-corrected chi connectivity index (χ3v) is 7.33. The molecule has 3 heterocycles. The van der Waals surface area contributed by atoms with Crippen molar-refractivity contribution in [3.8, 4) is 23.4 Å². The molecule has 8 nitrogen and oxygen atoms in total. The molecule has 1 fully saturated rings. The van der Waals surface area contributed by atoms with E-state index in [1.165, 1.54) is 12.8 Å². The molecule has 1 unspecified atom stereocenters. The summed E-state index contributed by atoms with van der Waals surface area (Å²) >= 11 is 6.28. The Kier molecular flexibility index (Phi) is 7.14. The van der Waals surface area contributed by atoms with Gasteiger partial charge >= 0.3 is 0 Å². The summed E-state index contributed by atoms with van der Waals surface area (Å²) in [4.78, 5) is 18.2. The molecule has 0 radical (unpaired) electrons. The van der Waals surface area contributed by atoms with E-state index in [0.717, 1.165) is 24.3 Å². The van der Waals surface area contributed by atoms with E-state index >= 15 is 0 Å². The number of methoxy groups -OCH3 is 1. The largest absolute Gasteiger partial charge is 0.369 e. The highest BCUT2D eigenvalue weighted by molar-refractivity contribution is 6.30. The number of benzene rings is 1. The van der Waals surface area contributed by atoms with Crippen LogP contribution in [0.1, 0.15) is 61.5 Å². The Hall–Kier alpha value is -3.85. The first-order valence-electron chi connectivity index (χ1n) is 12.3. The number of nitrogens with zero attached hydrogens (tertiary/aromatic N) is 7. The van der Waals surface area contributed by atoms with Crippen molar-refractivity contribution in [3.05, 3.63) is 70.5 Å². The van der Waals surface area contributed by atoms with Gasteiger partial charge in [-0.1, -0.05) is 49.6 Å². The second-order valence-corrected chi connectivity index (χ2v) is 10.0. The van der Waals surface area contributed by atoms with Crippen molar-refractivity contribution in [2.75, 3.05) is 7.11 Å². The summed E-state index contributed by atoms with van der Waals surface area (Å²) in [5, 5.41) is 19.9. The molecule has 1 saturated carbocycles. The van der Waals surface area contributed by atoms with Crippen LogP contribution in [0.5, 0.6) is 0 Å². The minimum Gasteiger partial charge on any atom is -0.369 e. The lowest BCUT2D eigenvalue weighted by molar-refractivity contribution is 0.124. The molecule has 0 spiro atoms. The van der Waals surface area contributed by atoms with Crippen LogP contribution in [0.4, 0.5) is 0 Å². The Morgan fingerprint density at radius 1 is 1.08 bits per heavy atom. The van der Waals surface area contributed by atoms with Gasteiger partial charge < -0.3 is 9.30 Å². The Balaban J connectivity index is 1.77. The normalized spacial score (nSPS) is 18.3. The van der Waals surface area contributed by atoms with Crippen molar-refractivity contribution >= 4 is 22.8 Å². The van der Waals surface area contributed by atoms with Gasteiger partial charge in [0.15, 0.2) is 5.65 Å². The highest BCUT2D eigenvalue weighted by Gasteiger charge is 2.29. The Morgan fingerprint density at radius 3 is 2.57 bits per heavy atom. The standard InChI is InChI=1S/C28H26ClN7O/c1-17-7-9-18(10-8-17)16-36-25-24(20-11-21(29)15-32-14-20)33-23(13-31)34-27(25)35-28(36)26(37-2)22-6-4-3-5-19(22)12-30/h3-6,11,14-15,17-18,26H,7-10,16H2,1-2H3/t17-,18-,26?. The van der Waals surface area contributed by atoms with Gasteiger partial charge in [0.1, 0.15) is 29.2 Å². The van der Waals surface area contributed by atoms with Gasteiger partial charge in [-0.2, -0.15) is 15.5 Å². The number of ether oxygens (including phenoxy) is 1. The van der Waals surface area contributed by atoms with Crippen LogP contribution in [-0.4, -0.2) is 31.6 Å². The maximum Gasteiger partial charge on any atom is 0.234 e. The first kappa shape index (κ1) is 24.8. The summed E-state index contributed by atoms with van der Waals surface area (Å²) in [6.07, 6.45) is 7.20. The van der Waals surface area contributed by atoms with Crippen LogP contribution in [0.15, 0.2) is 42.7 Å². The van der Waals surface area contributed by atoms with E-state index in [-0.39, 0.29) is 5.82 Å². The maximum absolute atomic E-state index is 9.78. The van der Waals surface area contributed by atoms with Crippen molar-refractivity contribution in [2.45, 2.75) is 45.3 Å². The number of imidazole rings is 1. The van der Waals surface area contributed by atoms with Crippen molar-refractivity contribution in [1.29, 1.82) is 10.5 Å². The maximum atomic E-state index is 9.78. The molecule has 9 heteroatoms. The van der Waals surface area contributed by atoms with Crippen LogP contribution in [0, 0.1) is 34.5 Å². The fourth-order valence-corrected chi connectivity index (χ4v) is 5.37. The lowest BCUT2D eigenvalue weighted by Gasteiger charge is -2.28. The molecule has 186 valence electrons. The quantitative estimate of drug-likeness (QED) is 0.319. The van der Waals surface area contributed by atoms with Gasteiger partial charge in [0.2, 0.25) is 5.82 Å². The number of aromatic nitrogens is 5. The predicted molar refractivity (Wildman–Crippen MR) is 139 cm³/mol. The number of nitriles is 2. The lowest BCUT2D eigenvalue weighted by atomic mass is 9.83. The van der Waals surface area contributed by atoms with Crippen LogP contribution in [0.3, 0.4) is 0 Å². The Bertz CT molecular complexity index is 1530. The number of hydrogen-bond donors (Lipinski definition) is 0. The molecule has 0 N–H and O–H groups in total. The lowest BCUT2D eigenvalue weighted by Crippen LogP contribution is -2.21. The van der Waals surface area contributed by atoms with Crippen LogP contribution in [0.2, 0.25) is 5.02 Å². The zero-order chi connectivity index (χ0) is 25.9. The van der Waals surface area contributed by atoms with E-state index in [2.05, 4.69) is 38.6 Å². The van der Waals surface area contributed by atoms with E-state index in [1.807, 2.05) is 18.2 Å². The van der Waals surface area contributed by atoms with Gasteiger partial charge in [-0.25, -0.2) is 9.97 Å². The van der Waals surface area contributed by atoms with Crippen molar-refractivity contribution in [2.24, 2.45) is 11.8 Å². The molecule has 0 bridgehead atoms. The third-order valence-electron chi connectivity index (χ3n) is 7.12. The molecule has 0 saturated heterocycles. The van der Waals surface area contributed by atoms with Crippen molar-refractivity contribution < 1.29 is 4.74 Å². The molecular weight excluding hydrogens is 486 g/mol. The second-order valence-electron chi connectivity index (χ2n) is 9.59. The minimum atomic E-state index is -0.608. The zero-order valence-corrected chi connectivity index (χ0v) is 21.5. The van der Waals surface area contributed by atoms with Crippen LogP contribution < -0.4 is 0 Å². The fourth-order valence-electron chi connectivity index (χ4n) is 5.20. The van der Waals surface area contributed by atoms with Crippen molar-refractivity contribution in [1.82, 2.24) is 24.5 Å². The molecule has 1 aromatic carbocycles. The molecule has 3 aromatic heterocycles. The molecule has 5 rings (SSSR count). The van der Waals surface area contributed by atoms with Gasteiger partial charge in [0, 0.05) is 37.2 Å². The Labute approximate surface area is 220 Å². The minimum absolute atomic E-state index is 0.0107. The summed E-state index contributed by atoms with van der Waals surface area (Å²) in [6.45, 7) is 3.00. The SMILES string of the molecule is COC(c1ccccc1C#N)c1nc2nc(C#N)nc(-c3cncc(Cl)c3)c2n1C[C@H]1CC[C@H](C)CC1. The molecule has 1 atom stereocenters. The topological polar surface area (TPSA) is 113 Å². The predicted octanol–water partition coefficient (Wildman–Crippen LogP) is 5.85. The number of halogens is 1. The van der Waals surface area contributed by atoms with E-state index in [1.54, 1.807) is 31.6 Å². The molecule has 1 aliphatic carbocycles. The summed E-state index contributed by atoms with van der Waals surface area (Å²) in [5.41, 5.74) is 3.56. The first-order chi connectivity index (χ1) is 18.0. The summed E-state index contributed by atoms with van der Waals surface area (Å²) in [5.74, 6) is 1.80. The van der Waals surface area contributed by atoms with Crippen LogP contribution in [-0.2, 0) is 11.3 Å². The molecule has 0 amide bonds. The van der Waals surface area contributed by atoms with Gasteiger partial charge in [-0.05, 0) is 36.8 Å². The number of pyridine rings is 1. The molecule has 4 aromatic rings.